The largest absolute Gasteiger partial charge is 0.378 e. The maximum atomic E-state index is 11.7. The van der Waals surface area contributed by atoms with Gasteiger partial charge in [-0.25, -0.2) is 4.79 Å². The molecule has 0 atom stereocenters. The number of nitrogens with one attached hydrogen (secondary N) is 1. The summed E-state index contributed by atoms with van der Waals surface area (Å²) in [6.45, 7) is 5.90. The highest BCUT2D eigenvalue weighted by Crippen LogP contribution is 1.97. The Bertz CT molecular complexity index is 371. The van der Waals surface area contributed by atoms with E-state index in [9.17, 15) is 4.79 Å². The van der Waals surface area contributed by atoms with E-state index in [-0.39, 0.29) is 6.03 Å². The first-order chi connectivity index (χ1) is 8.25. The second-order valence-electron chi connectivity index (χ2n) is 4.11. The minimum atomic E-state index is -0.0165. The number of aryl methyl sites for hydroxylation is 1. The van der Waals surface area contributed by atoms with Crippen LogP contribution in [-0.4, -0.2) is 53.6 Å². The van der Waals surface area contributed by atoms with Crippen LogP contribution < -0.4 is 5.32 Å². The van der Waals surface area contributed by atoms with Gasteiger partial charge < -0.3 is 15.0 Å². The topological polar surface area (TPSA) is 59.4 Å². The van der Waals surface area contributed by atoms with Gasteiger partial charge in [0.15, 0.2) is 0 Å². The van der Waals surface area contributed by atoms with E-state index in [2.05, 4.69) is 10.4 Å². The number of nitrogens with zero attached hydrogens (tertiary/aromatic N) is 3. The molecule has 1 fully saturated rings. The van der Waals surface area contributed by atoms with E-state index in [0.717, 1.165) is 5.56 Å². The molecule has 0 radical (unpaired) electrons. The van der Waals surface area contributed by atoms with Crippen LogP contribution in [0, 0.1) is 6.92 Å². The summed E-state index contributed by atoms with van der Waals surface area (Å²) in [6, 6.07) is -0.0165. The molecule has 6 nitrogen and oxygen atoms in total. The molecule has 17 heavy (non-hydrogen) atoms. The molecule has 2 amide bonds. The number of hydrogen-bond donors (Lipinski definition) is 1. The van der Waals surface area contributed by atoms with Crippen LogP contribution in [0.4, 0.5) is 4.79 Å². The predicted octanol–water partition coefficient (Wildman–Crippen LogP) is 0.233. The summed E-state index contributed by atoms with van der Waals surface area (Å²) in [5.74, 6) is 0. The van der Waals surface area contributed by atoms with Gasteiger partial charge in [0.25, 0.3) is 0 Å². The molecule has 6 heteroatoms. The quantitative estimate of drug-likeness (QED) is 0.820. The highest BCUT2D eigenvalue weighted by atomic mass is 16.5. The van der Waals surface area contributed by atoms with Crippen molar-refractivity contribution in [3.05, 3.63) is 18.0 Å². The molecule has 1 N–H and O–H groups in total. The Morgan fingerprint density at radius 1 is 1.53 bits per heavy atom. The van der Waals surface area contributed by atoms with Crippen molar-refractivity contribution in [2.45, 2.75) is 13.5 Å². The van der Waals surface area contributed by atoms with Crippen molar-refractivity contribution in [3.63, 3.8) is 0 Å². The highest BCUT2D eigenvalue weighted by molar-refractivity contribution is 5.74. The van der Waals surface area contributed by atoms with E-state index in [0.29, 0.717) is 39.4 Å². The Kier molecular flexibility index (Phi) is 3.98. The fourth-order valence-corrected chi connectivity index (χ4v) is 1.74. The number of rotatable bonds is 3. The van der Waals surface area contributed by atoms with Gasteiger partial charge in [-0.3, -0.25) is 4.68 Å². The van der Waals surface area contributed by atoms with Crippen molar-refractivity contribution in [3.8, 4) is 0 Å². The lowest BCUT2D eigenvalue weighted by Gasteiger charge is -2.26. The first-order valence-electron chi connectivity index (χ1n) is 5.85. The maximum Gasteiger partial charge on any atom is 0.317 e. The fraction of sp³-hybridized carbons (Fsp3) is 0.636. The molecule has 94 valence electrons. The second-order valence-corrected chi connectivity index (χ2v) is 4.11. The predicted molar refractivity (Wildman–Crippen MR) is 62.8 cm³/mol. The molecule has 1 aliphatic rings. The standard InChI is InChI=1S/C11H18N4O2/c1-10-8-13-15(9-10)3-2-12-11(16)14-4-6-17-7-5-14/h8-9H,2-7H2,1H3,(H,12,16). The number of hydrogen-bond acceptors (Lipinski definition) is 3. The van der Waals surface area contributed by atoms with Gasteiger partial charge in [0, 0.05) is 25.8 Å². The van der Waals surface area contributed by atoms with E-state index in [1.165, 1.54) is 0 Å². The van der Waals surface area contributed by atoms with Gasteiger partial charge in [-0.1, -0.05) is 0 Å². The highest BCUT2D eigenvalue weighted by Gasteiger charge is 2.15. The monoisotopic (exact) mass is 238 g/mol. The minimum Gasteiger partial charge on any atom is -0.378 e. The van der Waals surface area contributed by atoms with E-state index < -0.39 is 0 Å². The van der Waals surface area contributed by atoms with Crippen molar-refractivity contribution in [1.29, 1.82) is 0 Å². The van der Waals surface area contributed by atoms with Crippen molar-refractivity contribution in [2.75, 3.05) is 32.8 Å². The number of amides is 2. The lowest BCUT2D eigenvalue weighted by molar-refractivity contribution is 0.0532. The van der Waals surface area contributed by atoms with Crippen molar-refractivity contribution >= 4 is 6.03 Å². The summed E-state index contributed by atoms with van der Waals surface area (Å²) < 4.78 is 7.02. The van der Waals surface area contributed by atoms with Crippen LogP contribution >= 0.6 is 0 Å². The van der Waals surface area contributed by atoms with Crippen LogP contribution in [-0.2, 0) is 11.3 Å². The Balaban J connectivity index is 1.69. The van der Waals surface area contributed by atoms with Crippen LogP contribution in [0.25, 0.3) is 0 Å². The summed E-state index contributed by atoms with van der Waals surface area (Å²) >= 11 is 0. The third-order valence-electron chi connectivity index (χ3n) is 2.68. The summed E-state index contributed by atoms with van der Waals surface area (Å²) in [6.07, 6.45) is 3.77. The molecule has 0 bridgehead atoms. The van der Waals surface area contributed by atoms with Gasteiger partial charge in [-0.2, -0.15) is 5.10 Å². The van der Waals surface area contributed by atoms with Crippen molar-refractivity contribution in [1.82, 2.24) is 20.0 Å². The normalized spacial score (nSPS) is 15.9. The van der Waals surface area contributed by atoms with Crippen LogP contribution in [0.2, 0.25) is 0 Å². The average molecular weight is 238 g/mol. The average Bonchev–Trinajstić information content (AvgIpc) is 2.76. The SMILES string of the molecule is Cc1cnn(CCNC(=O)N2CCOCC2)c1. The Hall–Kier alpha value is -1.56. The number of aromatic nitrogens is 2. The van der Waals surface area contributed by atoms with E-state index >= 15 is 0 Å². The van der Waals surface area contributed by atoms with Gasteiger partial charge in [0.2, 0.25) is 0 Å². The third-order valence-corrected chi connectivity index (χ3v) is 2.68. The van der Waals surface area contributed by atoms with Crippen LogP contribution in [0.3, 0.4) is 0 Å². The van der Waals surface area contributed by atoms with Crippen LogP contribution in [0.15, 0.2) is 12.4 Å². The van der Waals surface area contributed by atoms with Gasteiger partial charge in [0.1, 0.15) is 0 Å². The molecule has 0 saturated carbocycles. The molecule has 0 aliphatic carbocycles. The number of carbonyl (C=O) groups excluding carboxylic acids is 1. The molecule has 0 unspecified atom stereocenters. The van der Waals surface area contributed by atoms with Gasteiger partial charge in [0.05, 0.1) is 26.0 Å². The van der Waals surface area contributed by atoms with Crippen LogP contribution in [0.1, 0.15) is 5.56 Å². The lowest BCUT2D eigenvalue weighted by atomic mass is 10.4. The number of morpholine rings is 1. The number of ether oxygens (including phenoxy) is 1. The molecule has 0 aromatic carbocycles. The molecular formula is C11H18N4O2. The van der Waals surface area contributed by atoms with Crippen molar-refractivity contribution < 1.29 is 9.53 Å². The fourth-order valence-electron chi connectivity index (χ4n) is 1.74. The summed E-state index contributed by atoms with van der Waals surface area (Å²) in [5.41, 5.74) is 1.13. The molecule has 0 spiro atoms. The smallest absolute Gasteiger partial charge is 0.317 e. The van der Waals surface area contributed by atoms with Gasteiger partial charge in [-0.05, 0) is 12.5 Å². The Morgan fingerprint density at radius 3 is 2.94 bits per heavy atom. The zero-order valence-corrected chi connectivity index (χ0v) is 10.1. The number of carbonyl (C=O) groups is 1. The van der Waals surface area contributed by atoms with Gasteiger partial charge in [-0.15, -0.1) is 0 Å². The van der Waals surface area contributed by atoms with Gasteiger partial charge >= 0.3 is 6.03 Å². The Morgan fingerprint density at radius 2 is 2.29 bits per heavy atom. The zero-order valence-electron chi connectivity index (χ0n) is 10.1. The molecular weight excluding hydrogens is 220 g/mol. The zero-order chi connectivity index (χ0) is 12.1. The van der Waals surface area contributed by atoms with E-state index in [1.54, 1.807) is 4.90 Å². The maximum absolute atomic E-state index is 11.7. The minimum absolute atomic E-state index is 0.0165. The van der Waals surface area contributed by atoms with E-state index in [4.69, 9.17) is 4.74 Å². The molecule has 2 rings (SSSR count). The molecule has 2 heterocycles. The first-order valence-corrected chi connectivity index (χ1v) is 5.85. The molecule has 1 aromatic heterocycles. The lowest BCUT2D eigenvalue weighted by Crippen LogP contribution is -2.46. The number of urea groups is 1. The third kappa shape index (κ3) is 3.45. The summed E-state index contributed by atoms with van der Waals surface area (Å²) in [4.78, 5) is 13.5. The Labute approximate surface area is 101 Å². The molecule has 1 saturated heterocycles. The van der Waals surface area contributed by atoms with Crippen molar-refractivity contribution in [2.24, 2.45) is 0 Å². The molecule has 1 aromatic rings. The summed E-state index contributed by atoms with van der Waals surface area (Å²) in [5, 5.41) is 7.04. The van der Waals surface area contributed by atoms with E-state index in [1.807, 2.05) is 24.0 Å². The van der Waals surface area contributed by atoms with Crippen LogP contribution in [0.5, 0.6) is 0 Å². The summed E-state index contributed by atoms with van der Waals surface area (Å²) in [7, 11) is 0. The second kappa shape index (κ2) is 5.67. The first kappa shape index (κ1) is 11.9. The molecule has 1 aliphatic heterocycles.